The summed E-state index contributed by atoms with van der Waals surface area (Å²) in [5.74, 6) is -0.490. The van der Waals surface area contributed by atoms with Gasteiger partial charge in [0.2, 0.25) is 0 Å². The summed E-state index contributed by atoms with van der Waals surface area (Å²) in [6.45, 7) is 2.34. The lowest BCUT2D eigenvalue weighted by Crippen LogP contribution is -2.16. The highest BCUT2D eigenvalue weighted by Crippen LogP contribution is 2.22. The Morgan fingerprint density at radius 3 is 2.52 bits per heavy atom. The van der Waals surface area contributed by atoms with Crippen molar-refractivity contribution < 1.29 is 12.8 Å². The predicted octanol–water partition coefficient (Wildman–Crippen LogP) is 2.65. The standard InChI is InChI=1S/C15H17FN2O2S/c1-11-12(10-17-2)5-3-8-15(11)21(19,20)18-14-7-4-6-13(16)9-14/h3-9,17-18H,10H2,1-2H3. The van der Waals surface area contributed by atoms with Crippen molar-refractivity contribution in [3.63, 3.8) is 0 Å². The number of hydrogen-bond acceptors (Lipinski definition) is 3. The molecule has 0 unspecified atom stereocenters. The summed E-state index contributed by atoms with van der Waals surface area (Å²) < 4.78 is 40.4. The van der Waals surface area contributed by atoms with Crippen LogP contribution >= 0.6 is 0 Å². The number of sulfonamides is 1. The number of hydrogen-bond donors (Lipinski definition) is 2. The van der Waals surface area contributed by atoms with Gasteiger partial charge in [-0.05, 0) is 49.4 Å². The van der Waals surface area contributed by atoms with Gasteiger partial charge in [0.05, 0.1) is 10.6 Å². The summed E-state index contributed by atoms with van der Waals surface area (Å²) in [5, 5.41) is 3.00. The average molecular weight is 308 g/mol. The molecular weight excluding hydrogens is 291 g/mol. The minimum absolute atomic E-state index is 0.194. The molecule has 2 aromatic rings. The topological polar surface area (TPSA) is 58.2 Å². The molecule has 0 aliphatic heterocycles. The van der Waals surface area contributed by atoms with Crippen LogP contribution in [0.5, 0.6) is 0 Å². The van der Waals surface area contributed by atoms with E-state index in [0.717, 1.165) is 11.6 Å². The summed E-state index contributed by atoms with van der Waals surface area (Å²) in [6.07, 6.45) is 0. The van der Waals surface area contributed by atoms with Crippen molar-refractivity contribution in [3.05, 3.63) is 59.4 Å². The monoisotopic (exact) mass is 308 g/mol. The molecule has 0 bridgehead atoms. The van der Waals surface area contributed by atoms with Crippen molar-refractivity contribution >= 4 is 15.7 Å². The number of anilines is 1. The van der Waals surface area contributed by atoms with Crippen LogP contribution in [0.1, 0.15) is 11.1 Å². The molecule has 0 amide bonds. The minimum atomic E-state index is -3.75. The third-order valence-corrected chi connectivity index (χ3v) is 4.66. The number of rotatable bonds is 5. The molecule has 4 nitrogen and oxygen atoms in total. The molecule has 21 heavy (non-hydrogen) atoms. The Morgan fingerprint density at radius 2 is 1.86 bits per heavy atom. The van der Waals surface area contributed by atoms with E-state index in [2.05, 4.69) is 10.0 Å². The van der Waals surface area contributed by atoms with Gasteiger partial charge in [-0.25, -0.2) is 12.8 Å². The molecule has 112 valence electrons. The van der Waals surface area contributed by atoms with Crippen LogP contribution in [-0.4, -0.2) is 15.5 Å². The first-order valence-corrected chi connectivity index (χ1v) is 7.94. The first kappa shape index (κ1) is 15.5. The van der Waals surface area contributed by atoms with Gasteiger partial charge in [0.25, 0.3) is 10.0 Å². The lowest BCUT2D eigenvalue weighted by Gasteiger charge is -2.13. The van der Waals surface area contributed by atoms with E-state index in [1.807, 2.05) is 6.07 Å². The molecule has 0 atom stereocenters. The molecule has 0 saturated carbocycles. The normalized spacial score (nSPS) is 11.4. The first-order chi connectivity index (χ1) is 9.94. The number of benzene rings is 2. The highest BCUT2D eigenvalue weighted by atomic mass is 32.2. The van der Waals surface area contributed by atoms with Crippen molar-refractivity contribution in [2.75, 3.05) is 11.8 Å². The Hall–Kier alpha value is -1.92. The Kier molecular flexibility index (Phi) is 4.59. The molecule has 0 aromatic heterocycles. The highest BCUT2D eigenvalue weighted by Gasteiger charge is 2.18. The van der Waals surface area contributed by atoms with Crippen LogP contribution in [0.15, 0.2) is 47.4 Å². The zero-order chi connectivity index (χ0) is 15.5. The van der Waals surface area contributed by atoms with E-state index >= 15 is 0 Å². The lowest BCUT2D eigenvalue weighted by atomic mass is 10.1. The lowest BCUT2D eigenvalue weighted by molar-refractivity contribution is 0.600. The van der Waals surface area contributed by atoms with Crippen LogP contribution in [0.3, 0.4) is 0 Å². The SMILES string of the molecule is CNCc1cccc(S(=O)(=O)Nc2cccc(F)c2)c1C. The number of nitrogens with one attached hydrogen (secondary N) is 2. The molecule has 6 heteroatoms. The van der Waals surface area contributed by atoms with E-state index < -0.39 is 15.8 Å². The second-order valence-corrected chi connectivity index (χ2v) is 6.34. The second-order valence-electron chi connectivity index (χ2n) is 4.69. The fourth-order valence-corrected chi connectivity index (χ4v) is 3.43. The third kappa shape index (κ3) is 3.59. The van der Waals surface area contributed by atoms with Gasteiger partial charge in [-0.3, -0.25) is 4.72 Å². The van der Waals surface area contributed by atoms with Gasteiger partial charge in [0, 0.05) is 6.54 Å². The van der Waals surface area contributed by atoms with Crippen LogP contribution in [0.25, 0.3) is 0 Å². The summed E-state index contributed by atoms with van der Waals surface area (Å²) in [7, 11) is -1.95. The molecule has 0 heterocycles. The smallest absolute Gasteiger partial charge is 0.262 e. The van der Waals surface area contributed by atoms with Crippen LogP contribution in [-0.2, 0) is 16.6 Å². The number of halogens is 1. The van der Waals surface area contributed by atoms with Gasteiger partial charge in [0.15, 0.2) is 0 Å². The van der Waals surface area contributed by atoms with Crippen molar-refractivity contribution in [1.29, 1.82) is 0 Å². The maximum absolute atomic E-state index is 13.1. The summed E-state index contributed by atoms with van der Waals surface area (Å²) in [5.41, 5.74) is 1.78. The van der Waals surface area contributed by atoms with E-state index in [4.69, 9.17) is 0 Å². The maximum atomic E-state index is 13.1. The zero-order valence-corrected chi connectivity index (χ0v) is 12.7. The Labute approximate surface area is 124 Å². The van der Waals surface area contributed by atoms with Gasteiger partial charge >= 0.3 is 0 Å². The van der Waals surface area contributed by atoms with Crippen molar-refractivity contribution in [2.45, 2.75) is 18.4 Å². The molecule has 0 radical (unpaired) electrons. The van der Waals surface area contributed by atoms with Gasteiger partial charge in [-0.15, -0.1) is 0 Å². The summed E-state index contributed by atoms with van der Waals surface area (Å²) in [4.78, 5) is 0.194. The molecule has 2 aromatic carbocycles. The van der Waals surface area contributed by atoms with Gasteiger partial charge < -0.3 is 5.32 Å². The van der Waals surface area contributed by atoms with Crippen LogP contribution in [0.4, 0.5) is 10.1 Å². The first-order valence-electron chi connectivity index (χ1n) is 6.45. The van der Waals surface area contributed by atoms with Gasteiger partial charge in [-0.1, -0.05) is 18.2 Å². The summed E-state index contributed by atoms with van der Waals surface area (Å²) >= 11 is 0. The largest absolute Gasteiger partial charge is 0.316 e. The van der Waals surface area contributed by atoms with Gasteiger partial charge in [0.1, 0.15) is 5.82 Å². The van der Waals surface area contributed by atoms with Crippen molar-refractivity contribution in [1.82, 2.24) is 5.32 Å². The molecule has 0 fully saturated rings. The highest BCUT2D eigenvalue weighted by molar-refractivity contribution is 7.92. The summed E-state index contributed by atoms with van der Waals surface area (Å²) in [6, 6.07) is 10.5. The predicted molar refractivity (Wildman–Crippen MR) is 81.2 cm³/mol. The molecule has 2 rings (SSSR count). The van der Waals surface area contributed by atoms with E-state index in [1.165, 1.54) is 24.3 Å². The van der Waals surface area contributed by atoms with E-state index in [9.17, 15) is 12.8 Å². The fourth-order valence-electron chi connectivity index (χ4n) is 2.10. The molecule has 0 aliphatic rings. The van der Waals surface area contributed by atoms with Crippen molar-refractivity contribution in [2.24, 2.45) is 0 Å². The van der Waals surface area contributed by atoms with Crippen LogP contribution in [0.2, 0.25) is 0 Å². The Balaban J connectivity index is 2.38. The van der Waals surface area contributed by atoms with Gasteiger partial charge in [-0.2, -0.15) is 0 Å². The molecule has 0 spiro atoms. The van der Waals surface area contributed by atoms with Crippen LogP contribution < -0.4 is 10.0 Å². The zero-order valence-electron chi connectivity index (χ0n) is 11.9. The average Bonchev–Trinajstić information content (AvgIpc) is 2.40. The maximum Gasteiger partial charge on any atom is 0.262 e. The molecular formula is C15H17FN2O2S. The third-order valence-electron chi connectivity index (χ3n) is 3.13. The Morgan fingerprint density at radius 1 is 1.14 bits per heavy atom. The molecule has 2 N–H and O–H groups in total. The minimum Gasteiger partial charge on any atom is -0.316 e. The quantitative estimate of drug-likeness (QED) is 0.893. The van der Waals surface area contributed by atoms with E-state index in [0.29, 0.717) is 12.1 Å². The Bertz CT molecular complexity index is 745. The van der Waals surface area contributed by atoms with E-state index in [1.54, 1.807) is 20.0 Å². The van der Waals surface area contributed by atoms with Crippen molar-refractivity contribution in [3.8, 4) is 0 Å². The molecule has 0 saturated heterocycles. The molecule has 0 aliphatic carbocycles. The van der Waals surface area contributed by atoms with E-state index in [-0.39, 0.29) is 10.6 Å². The second kappa shape index (κ2) is 6.24. The fraction of sp³-hybridized carbons (Fsp3) is 0.200. The van der Waals surface area contributed by atoms with Crippen LogP contribution in [0, 0.1) is 12.7 Å².